The molecule has 0 radical (unpaired) electrons. The van der Waals surface area contributed by atoms with Crippen LogP contribution in [0.5, 0.6) is 5.75 Å². The van der Waals surface area contributed by atoms with E-state index >= 15 is 0 Å². The zero-order valence-corrected chi connectivity index (χ0v) is 18.5. The van der Waals surface area contributed by atoms with Crippen LogP contribution in [-0.2, 0) is 32.1 Å². The molecule has 2 aromatic carbocycles. The number of hydrogen-bond acceptors (Lipinski definition) is 5. The lowest BCUT2D eigenvalue weighted by molar-refractivity contribution is -0.146. The van der Waals surface area contributed by atoms with E-state index in [0.717, 1.165) is 30.4 Å². The second-order valence-electron chi connectivity index (χ2n) is 7.64. The second kappa shape index (κ2) is 13.9. The molecule has 0 aliphatic carbocycles. The lowest BCUT2D eigenvalue weighted by Crippen LogP contribution is -2.48. The standard InChI is InChI=1S/C25H32N2O5/c1-2-3-7-16-26-25(31)22(17-19-10-12-21(28)13-11-19)27-23(29)14-15-24(30)32-18-20-8-5-4-6-9-20/h4-6,8-13,22,28H,2-3,7,14-18H2,1H3,(H,26,31)(H,27,29)/t22-/m1/s1. The van der Waals surface area contributed by atoms with Crippen molar-refractivity contribution in [3.8, 4) is 5.75 Å². The molecule has 0 spiro atoms. The van der Waals surface area contributed by atoms with Gasteiger partial charge in [0.1, 0.15) is 18.4 Å². The van der Waals surface area contributed by atoms with Crippen LogP contribution in [0.25, 0.3) is 0 Å². The number of aromatic hydroxyl groups is 1. The highest BCUT2D eigenvalue weighted by atomic mass is 16.5. The highest BCUT2D eigenvalue weighted by molar-refractivity contribution is 5.89. The first kappa shape index (κ1) is 24.9. The molecule has 2 amide bonds. The van der Waals surface area contributed by atoms with Gasteiger partial charge >= 0.3 is 5.97 Å². The molecule has 2 aromatic rings. The molecule has 0 fully saturated rings. The number of esters is 1. The SMILES string of the molecule is CCCCCNC(=O)[C@@H](Cc1ccc(O)cc1)NC(=O)CCC(=O)OCc1ccccc1. The van der Waals surface area contributed by atoms with E-state index in [4.69, 9.17) is 4.74 Å². The number of nitrogens with one attached hydrogen (secondary N) is 2. The van der Waals surface area contributed by atoms with E-state index < -0.39 is 17.9 Å². The largest absolute Gasteiger partial charge is 0.508 e. The Labute approximate surface area is 189 Å². The molecule has 2 rings (SSSR count). The van der Waals surface area contributed by atoms with Crippen molar-refractivity contribution in [1.82, 2.24) is 10.6 Å². The van der Waals surface area contributed by atoms with Gasteiger partial charge in [-0.2, -0.15) is 0 Å². The van der Waals surface area contributed by atoms with E-state index in [-0.39, 0.29) is 37.5 Å². The lowest BCUT2D eigenvalue weighted by atomic mass is 10.0. The van der Waals surface area contributed by atoms with Gasteiger partial charge in [-0.3, -0.25) is 14.4 Å². The zero-order chi connectivity index (χ0) is 23.2. The van der Waals surface area contributed by atoms with Crippen molar-refractivity contribution >= 4 is 17.8 Å². The van der Waals surface area contributed by atoms with E-state index in [1.165, 1.54) is 12.1 Å². The molecular formula is C25H32N2O5. The van der Waals surface area contributed by atoms with Crippen molar-refractivity contribution in [2.45, 2.75) is 58.1 Å². The van der Waals surface area contributed by atoms with E-state index in [2.05, 4.69) is 17.6 Å². The third kappa shape index (κ3) is 9.64. The number of phenols is 1. The fourth-order valence-corrected chi connectivity index (χ4v) is 3.08. The number of phenolic OH excluding ortho intramolecular Hbond substituents is 1. The van der Waals surface area contributed by atoms with Gasteiger partial charge < -0.3 is 20.5 Å². The van der Waals surface area contributed by atoms with Gasteiger partial charge in [0, 0.05) is 19.4 Å². The van der Waals surface area contributed by atoms with E-state index in [0.29, 0.717) is 6.54 Å². The average molecular weight is 441 g/mol. The number of unbranched alkanes of at least 4 members (excludes halogenated alkanes) is 2. The molecule has 0 aliphatic heterocycles. The molecule has 0 unspecified atom stereocenters. The van der Waals surface area contributed by atoms with Crippen LogP contribution in [0.3, 0.4) is 0 Å². The summed E-state index contributed by atoms with van der Waals surface area (Å²) in [7, 11) is 0. The Bertz CT molecular complexity index is 852. The Hall–Kier alpha value is -3.35. The summed E-state index contributed by atoms with van der Waals surface area (Å²) in [4.78, 5) is 37.0. The predicted molar refractivity (Wildman–Crippen MR) is 122 cm³/mol. The van der Waals surface area contributed by atoms with Gasteiger partial charge in [0.05, 0.1) is 6.42 Å². The summed E-state index contributed by atoms with van der Waals surface area (Å²) in [6, 6.07) is 15.0. The second-order valence-corrected chi connectivity index (χ2v) is 7.64. The Balaban J connectivity index is 1.85. The monoisotopic (exact) mass is 440 g/mol. The van der Waals surface area contributed by atoms with Gasteiger partial charge in [-0.1, -0.05) is 62.2 Å². The smallest absolute Gasteiger partial charge is 0.306 e. The van der Waals surface area contributed by atoms with Gasteiger partial charge in [-0.15, -0.1) is 0 Å². The van der Waals surface area contributed by atoms with E-state index in [1.807, 2.05) is 30.3 Å². The Kier molecular flexibility index (Phi) is 10.8. The maximum Gasteiger partial charge on any atom is 0.306 e. The van der Waals surface area contributed by atoms with Gasteiger partial charge in [-0.05, 0) is 29.7 Å². The topological polar surface area (TPSA) is 105 Å². The molecule has 0 heterocycles. The van der Waals surface area contributed by atoms with Crippen LogP contribution in [0.15, 0.2) is 54.6 Å². The highest BCUT2D eigenvalue weighted by Crippen LogP contribution is 2.12. The van der Waals surface area contributed by atoms with Crippen LogP contribution in [0.2, 0.25) is 0 Å². The van der Waals surface area contributed by atoms with Gasteiger partial charge in [0.2, 0.25) is 11.8 Å². The van der Waals surface area contributed by atoms with E-state index in [9.17, 15) is 19.5 Å². The number of amides is 2. The first-order valence-corrected chi connectivity index (χ1v) is 11.0. The summed E-state index contributed by atoms with van der Waals surface area (Å²) in [5.74, 6) is -1.00. The minimum absolute atomic E-state index is 0.0667. The molecule has 1 atom stereocenters. The molecule has 3 N–H and O–H groups in total. The van der Waals surface area contributed by atoms with E-state index in [1.54, 1.807) is 12.1 Å². The Morgan fingerprint density at radius 2 is 1.66 bits per heavy atom. The predicted octanol–water partition coefficient (Wildman–Crippen LogP) is 3.25. The molecule has 0 saturated heterocycles. The van der Waals surface area contributed by atoms with Gasteiger partial charge in [0.15, 0.2) is 0 Å². The molecular weight excluding hydrogens is 408 g/mol. The number of benzene rings is 2. The summed E-state index contributed by atoms with van der Waals surface area (Å²) >= 11 is 0. The summed E-state index contributed by atoms with van der Waals surface area (Å²) in [6.07, 6.45) is 3.08. The van der Waals surface area contributed by atoms with Crippen LogP contribution < -0.4 is 10.6 Å². The van der Waals surface area contributed by atoms with Crippen molar-refractivity contribution in [3.05, 3.63) is 65.7 Å². The fourth-order valence-electron chi connectivity index (χ4n) is 3.08. The molecule has 7 nitrogen and oxygen atoms in total. The number of hydrogen-bond donors (Lipinski definition) is 3. The molecule has 32 heavy (non-hydrogen) atoms. The first-order valence-electron chi connectivity index (χ1n) is 11.0. The number of carbonyl (C=O) groups is 3. The Morgan fingerprint density at radius 1 is 0.938 bits per heavy atom. The van der Waals surface area contributed by atoms with Crippen molar-refractivity contribution in [2.24, 2.45) is 0 Å². The number of ether oxygens (including phenoxy) is 1. The van der Waals surface area contributed by atoms with Crippen LogP contribution >= 0.6 is 0 Å². The maximum absolute atomic E-state index is 12.6. The molecule has 0 bridgehead atoms. The lowest BCUT2D eigenvalue weighted by Gasteiger charge is -2.19. The van der Waals surface area contributed by atoms with Crippen molar-refractivity contribution in [1.29, 1.82) is 0 Å². The average Bonchev–Trinajstić information content (AvgIpc) is 2.80. The van der Waals surface area contributed by atoms with Crippen LogP contribution in [0.1, 0.15) is 50.2 Å². The third-order valence-electron chi connectivity index (χ3n) is 4.91. The van der Waals surface area contributed by atoms with Gasteiger partial charge in [0.25, 0.3) is 0 Å². The quantitative estimate of drug-likeness (QED) is 0.328. The molecule has 7 heteroatoms. The molecule has 0 aliphatic rings. The van der Waals surface area contributed by atoms with Gasteiger partial charge in [-0.25, -0.2) is 0 Å². The highest BCUT2D eigenvalue weighted by Gasteiger charge is 2.21. The Morgan fingerprint density at radius 3 is 2.34 bits per heavy atom. The summed E-state index contributed by atoms with van der Waals surface area (Å²) in [5, 5.41) is 15.0. The zero-order valence-electron chi connectivity index (χ0n) is 18.5. The van der Waals surface area contributed by atoms with Crippen LogP contribution in [-0.4, -0.2) is 35.5 Å². The van der Waals surface area contributed by atoms with Crippen molar-refractivity contribution in [2.75, 3.05) is 6.54 Å². The molecule has 0 aromatic heterocycles. The van der Waals surface area contributed by atoms with Crippen molar-refractivity contribution < 1.29 is 24.2 Å². The maximum atomic E-state index is 12.6. The summed E-state index contributed by atoms with van der Waals surface area (Å²) in [6.45, 7) is 2.78. The fraction of sp³-hybridized carbons (Fsp3) is 0.400. The third-order valence-corrected chi connectivity index (χ3v) is 4.91. The van der Waals surface area contributed by atoms with Crippen LogP contribution in [0.4, 0.5) is 0 Å². The first-order chi connectivity index (χ1) is 15.5. The van der Waals surface area contributed by atoms with Crippen molar-refractivity contribution in [3.63, 3.8) is 0 Å². The summed E-state index contributed by atoms with van der Waals surface area (Å²) < 4.78 is 5.19. The number of carbonyl (C=O) groups excluding carboxylic acids is 3. The molecule has 0 saturated carbocycles. The molecule has 172 valence electrons. The van der Waals surface area contributed by atoms with Crippen LogP contribution in [0, 0.1) is 0 Å². The summed E-state index contributed by atoms with van der Waals surface area (Å²) in [5.41, 5.74) is 1.68. The normalized spacial score (nSPS) is 11.4. The minimum Gasteiger partial charge on any atom is -0.508 e. The minimum atomic E-state index is -0.769. The number of rotatable bonds is 13.